The molecule has 0 aliphatic carbocycles. The fourth-order valence-electron chi connectivity index (χ4n) is 2.39. The molecule has 2 heterocycles. The van der Waals surface area contributed by atoms with Gasteiger partial charge >= 0.3 is 13.9 Å². The van der Waals surface area contributed by atoms with Gasteiger partial charge in [-0.05, 0) is 12.5 Å². The highest BCUT2D eigenvalue weighted by molar-refractivity contribution is 7.32. The van der Waals surface area contributed by atoms with E-state index >= 15 is 0 Å². The molecule has 130 valence electrons. The van der Waals surface area contributed by atoms with Gasteiger partial charge < -0.3 is 29.7 Å². The molecular weight excluding hydrogens is 329 g/mol. The molecule has 1 fully saturated rings. The third kappa shape index (κ3) is 4.17. The van der Waals surface area contributed by atoms with Gasteiger partial charge in [0, 0.05) is 12.8 Å². The molecule has 1 saturated heterocycles. The molecule has 23 heavy (non-hydrogen) atoms. The van der Waals surface area contributed by atoms with Gasteiger partial charge in [-0.2, -0.15) is 4.98 Å². The topological polar surface area (TPSA) is 146 Å². The molecule has 4 N–H and O–H groups in total. The Hall–Kier alpha value is -1.29. The molecule has 0 amide bonds. The number of ether oxygens (including phenoxy) is 2. The molecule has 11 heteroatoms. The van der Waals surface area contributed by atoms with Gasteiger partial charge in [-0.25, -0.2) is 4.79 Å². The van der Waals surface area contributed by atoms with Gasteiger partial charge in [-0.1, -0.05) is 6.92 Å². The molecular formula is C12H20N3O7P. The summed E-state index contributed by atoms with van der Waals surface area (Å²) in [4.78, 5) is 24.7. The largest absolute Gasteiger partial charge is 0.394 e. The molecule has 1 aromatic rings. The van der Waals surface area contributed by atoms with Gasteiger partial charge in [0.05, 0.1) is 6.61 Å². The van der Waals surface area contributed by atoms with Crippen LogP contribution in [0.15, 0.2) is 17.1 Å². The highest BCUT2D eigenvalue weighted by Gasteiger charge is 2.48. The van der Waals surface area contributed by atoms with Gasteiger partial charge in [-0.3, -0.25) is 9.13 Å². The molecule has 0 spiro atoms. The van der Waals surface area contributed by atoms with Crippen molar-refractivity contribution in [2.45, 2.75) is 37.9 Å². The molecule has 10 nitrogen and oxygen atoms in total. The van der Waals surface area contributed by atoms with Crippen LogP contribution < -0.4 is 11.4 Å². The van der Waals surface area contributed by atoms with E-state index in [-0.39, 0.29) is 5.82 Å². The lowest BCUT2D eigenvalue weighted by atomic mass is 10.1. The van der Waals surface area contributed by atoms with E-state index in [4.69, 9.17) is 24.6 Å². The van der Waals surface area contributed by atoms with Gasteiger partial charge in [-0.15, -0.1) is 0 Å². The highest BCUT2D eigenvalue weighted by atomic mass is 31.1. The number of aliphatic hydroxyl groups excluding tert-OH is 1. The third-order valence-electron chi connectivity index (χ3n) is 3.34. The Balaban J connectivity index is 2.35. The van der Waals surface area contributed by atoms with Gasteiger partial charge in [0.2, 0.25) is 0 Å². The van der Waals surface area contributed by atoms with Crippen LogP contribution in [0.2, 0.25) is 0 Å². The van der Waals surface area contributed by atoms with E-state index in [9.17, 15) is 14.5 Å². The molecule has 1 aromatic heterocycles. The van der Waals surface area contributed by atoms with Crippen molar-refractivity contribution in [3.8, 4) is 0 Å². The van der Waals surface area contributed by atoms with Crippen LogP contribution in [0.5, 0.6) is 0 Å². The maximum atomic E-state index is 12.0. The first-order chi connectivity index (χ1) is 11.0. The molecule has 2 rings (SSSR count). The number of nitrogen functional groups attached to an aromatic ring is 1. The quantitative estimate of drug-likeness (QED) is 0.542. The Morgan fingerprint density at radius 3 is 2.83 bits per heavy atom. The number of nitrogens with two attached hydrogens (primary N) is 1. The Morgan fingerprint density at radius 1 is 1.52 bits per heavy atom. The van der Waals surface area contributed by atoms with Crippen LogP contribution in [-0.4, -0.2) is 51.1 Å². The van der Waals surface area contributed by atoms with E-state index in [1.807, 2.05) is 6.92 Å². The second-order valence-corrected chi connectivity index (χ2v) is 5.74. The van der Waals surface area contributed by atoms with E-state index in [1.165, 1.54) is 12.3 Å². The summed E-state index contributed by atoms with van der Waals surface area (Å²) >= 11 is 0. The monoisotopic (exact) mass is 349 g/mol. The molecule has 0 aromatic carbocycles. The van der Waals surface area contributed by atoms with Crippen molar-refractivity contribution < 1.29 is 28.6 Å². The maximum Gasteiger partial charge on any atom is 0.351 e. The average Bonchev–Trinajstić information content (AvgIpc) is 2.82. The average molecular weight is 349 g/mol. The van der Waals surface area contributed by atoms with Crippen LogP contribution in [0.1, 0.15) is 19.6 Å². The summed E-state index contributed by atoms with van der Waals surface area (Å²) in [5, 5.41) is 9.41. The van der Waals surface area contributed by atoms with E-state index in [0.29, 0.717) is 13.0 Å². The molecule has 5 atom stereocenters. The summed E-state index contributed by atoms with van der Waals surface area (Å²) in [6.45, 7) is 1.75. The lowest BCUT2D eigenvalue weighted by Gasteiger charge is -2.23. The fourth-order valence-corrected chi connectivity index (χ4v) is 2.91. The number of aromatic nitrogens is 2. The summed E-state index contributed by atoms with van der Waals surface area (Å²) in [6, 6.07) is 1.42. The number of aliphatic hydroxyl groups is 1. The number of hydrogen-bond acceptors (Lipinski definition) is 8. The van der Waals surface area contributed by atoms with E-state index < -0.39 is 45.1 Å². The molecule has 0 radical (unpaired) electrons. The zero-order valence-corrected chi connectivity index (χ0v) is 13.5. The van der Waals surface area contributed by atoms with Crippen molar-refractivity contribution in [1.82, 2.24) is 9.55 Å². The van der Waals surface area contributed by atoms with Crippen LogP contribution in [0.4, 0.5) is 5.82 Å². The second-order valence-electron chi connectivity index (χ2n) is 4.97. The Bertz CT molecular complexity index is 611. The number of rotatable bonds is 7. The summed E-state index contributed by atoms with van der Waals surface area (Å²) in [5.41, 5.74) is 4.80. The van der Waals surface area contributed by atoms with Crippen molar-refractivity contribution in [2.24, 2.45) is 0 Å². The van der Waals surface area contributed by atoms with Crippen LogP contribution in [0.25, 0.3) is 0 Å². The van der Waals surface area contributed by atoms with Crippen molar-refractivity contribution in [2.75, 3.05) is 18.9 Å². The first-order valence-electron chi connectivity index (χ1n) is 7.10. The first kappa shape index (κ1) is 18.1. The maximum absolute atomic E-state index is 12.0. The summed E-state index contributed by atoms with van der Waals surface area (Å²) < 4.78 is 28.4. The van der Waals surface area contributed by atoms with Crippen molar-refractivity contribution >= 4 is 14.1 Å². The van der Waals surface area contributed by atoms with Gasteiger partial charge in [0.25, 0.3) is 0 Å². The van der Waals surface area contributed by atoms with E-state index in [2.05, 4.69) is 4.98 Å². The first-order valence-corrected chi connectivity index (χ1v) is 8.36. The van der Waals surface area contributed by atoms with Gasteiger partial charge in [0.1, 0.15) is 24.1 Å². The van der Waals surface area contributed by atoms with E-state index in [0.717, 1.165) is 4.57 Å². The molecule has 1 aliphatic rings. The number of anilines is 1. The number of nitrogens with zero attached hydrogens (tertiary/aromatic N) is 2. The van der Waals surface area contributed by atoms with Crippen LogP contribution >= 0.6 is 8.25 Å². The smallest absolute Gasteiger partial charge is 0.351 e. The lowest BCUT2D eigenvalue weighted by molar-refractivity contribution is -0.0736. The minimum atomic E-state index is -3.28. The highest BCUT2D eigenvalue weighted by Crippen LogP contribution is 2.37. The van der Waals surface area contributed by atoms with Crippen LogP contribution in [0, 0.1) is 0 Å². The third-order valence-corrected chi connectivity index (χ3v) is 3.82. The van der Waals surface area contributed by atoms with Gasteiger partial charge in [0.15, 0.2) is 6.23 Å². The normalized spacial score (nSPS) is 28.8. The fraction of sp³-hybridized carbons (Fsp3) is 0.667. The Labute approximate surface area is 132 Å². The summed E-state index contributed by atoms with van der Waals surface area (Å²) in [6.07, 6.45) is -1.63. The van der Waals surface area contributed by atoms with Crippen LogP contribution in [0.3, 0.4) is 0 Å². The molecule has 3 unspecified atom stereocenters. The lowest BCUT2D eigenvalue weighted by Crippen LogP contribution is -2.39. The van der Waals surface area contributed by atoms with Crippen molar-refractivity contribution in [3.63, 3.8) is 0 Å². The second kappa shape index (κ2) is 8.00. The van der Waals surface area contributed by atoms with Crippen molar-refractivity contribution in [3.05, 3.63) is 22.7 Å². The SMILES string of the molecule is CCCOC1C(O[PH](=O)O)[C@@H](CO)O[C@H]1n1ccc(N)nc1=O. The number of hydrogen-bond donors (Lipinski definition) is 3. The zero-order valence-electron chi connectivity index (χ0n) is 12.5. The summed E-state index contributed by atoms with van der Waals surface area (Å²) in [7, 11) is -3.28. The molecule has 1 aliphatic heterocycles. The molecule has 0 bridgehead atoms. The summed E-state index contributed by atoms with van der Waals surface area (Å²) in [5.74, 6) is 0.0576. The van der Waals surface area contributed by atoms with Crippen molar-refractivity contribution in [1.29, 1.82) is 0 Å². The predicted octanol–water partition coefficient (Wildman–Crippen LogP) is -0.722. The molecule has 0 saturated carbocycles. The minimum absolute atomic E-state index is 0.0576. The minimum Gasteiger partial charge on any atom is -0.394 e. The van der Waals surface area contributed by atoms with E-state index in [1.54, 1.807) is 0 Å². The van der Waals surface area contributed by atoms with Crippen LogP contribution in [-0.2, 0) is 18.6 Å². The Kier molecular flexibility index (Phi) is 6.28. The Morgan fingerprint density at radius 2 is 2.26 bits per heavy atom. The zero-order chi connectivity index (χ0) is 17.0. The predicted molar refractivity (Wildman–Crippen MR) is 80.0 cm³/mol. The standard InChI is InChI=1S/C12H20N3O7P/c1-2-5-20-10-9(22-23(18)19)7(6-16)21-11(10)15-4-3-8(13)14-12(15)17/h3-4,7,9-11,16,23H,2,5-6H2,1H3,(H,18,19)(H2,13,14,17)/t7-,9?,10?,11-/m1/s1.